The second kappa shape index (κ2) is 16.3. The Balaban J connectivity index is 1.56. The monoisotopic (exact) mass is 614 g/mol. The molecule has 0 spiro atoms. The molecule has 4 rings (SSSR count). The Bertz CT molecular complexity index is 1440. The predicted octanol–water partition coefficient (Wildman–Crippen LogP) is 3.49. The Morgan fingerprint density at radius 2 is 1.67 bits per heavy atom. The molecule has 0 aliphatic carbocycles. The number of fused-ring (bicyclic) bond motifs is 1. The van der Waals surface area contributed by atoms with E-state index in [2.05, 4.69) is 16.0 Å². The van der Waals surface area contributed by atoms with Crippen molar-refractivity contribution < 1.29 is 28.7 Å². The average molecular weight is 615 g/mol. The summed E-state index contributed by atoms with van der Waals surface area (Å²) in [5, 5.41) is 8.74. The lowest BCUT2D eigenvalue weighted by Crippen LogP contribution is -2.48. The third-order valence-electron chi connectivity index (χ3n) is 7.75. The number of rotatable bonds is 8. The molecule has 0 unspecified atom stereocenters. The van der Waals surface area contributed by atoms with Gasteiger partial charge in [-0.3, -0.25) is 19.2 Å². The molecule has 0 aromatic heterocycles. The molecule has 0 saturated carbocycles. The van der Waals surface area contributed by atoms with Crippen LogP contribution in [0.4, 0.5) is 0 Å². The van der Waals surface area contributed by atoms with Gasteiger partial charge in [0.1, 0.15) is 24.1 Å². The van der Waals surface area contributed by atoms with E-state index >= 15 is 0 Å². The highest BCUT2D eigenvalue weighted by Crippen LogP contribution is 2.20. The second-order valence-corrected chi connectivity index (χ2v) is 11.4. The first-order valence-corrected chi connectivity index (χ1v) is 15.3. The Labute approximate surface area is 264 Å². The molecule has 4 amide bonds. The minimum Gasteiger partial charge on any atom is -0.497 e. The van der Waals surface area contributed by atoms with E-state index < -0.39 is 17.9 Å². The molecule has 10 heteroatoms. The smallest absolute Gasteiger partial charge is 0.255 e. The second-order valence-electron chi connectivity index (χ2n) is 11.4. The maximum atomic E-state index is 13.6. The lowest BCUT2D eigenvalue weighted by Gasteiger charge is -2.26. The molecule has 3 N–H and O–H groups in total. The highest BCUT2D eigenvalue weighted by atomic mass is 16.5. The zero-order valence-electron chi connectivity index (χ0n) is 26.1. The van der Waals surface area contributed by atoms with Crippen LogP contribution in [-0.4, -0.2) is 67.4 Å². The standard InChI is InChI=1S/C35H42N4O6/c1-24(2)30-23-45-31-12-8-7-11-28(31)34(42)38-29(35(43)36-20-19-25-13-15-27(44-3)16-14-25)17-18-33(41)39(22-32(40)37-30)21-26-9-5-4-6-10-26/h4-16,24,29-30H,17-23H2,1-3H3,(H,36,43)(H,37,40)(H,38,42)/t29-,30-/m0/s1. The number of para-hydroxylation sites is 1. The fourth-order valence-corrected chi connectivity index (χ4v) is 5.00. The molecule has 10 nitrogen and oxygen atoms in total. The van der Waals surface area contributed by atoms with Gasteiger partial charge in [0.15, 0.2) is 0 Å². The van der Waals surface area contributed by atoms with E-state index in [-0.39, 0.29) is 61.9 Å². The molecule has 238 valence electrons. The summed E-state index contributed by atoms with van der Waals surface area (Å²) in [6.07, 6.45) is 0.565. The van der Waals surface area contributed by atoms with Crippen molar-refractivity contribution in [2.24, 2.45) is 5.92 Å². The van der Waals surface area contributed by atoms with Crippen molar-refractivity contribution in [1.29, 1.82) is 0 Å². The van der Waals surface area contributed by atoms with Crippen molar-refractivity contribution in [2.45, 2.75) is 51.7 Å². The number of benzene rings is 3. The number of carbonyl (C=O) groups is 4. The molecule has 0 radical (unpaired) electrons. The summed E-state index contributed by atoms with van der Waals surface area (Å²) < 4.78 is 11.3. The van der Waals surface area contributed by atoms with Gasteiger partial charge in [0.05, 0.1) is 25.3 Å². The minimum atomic E-state index is -0.994. The highest BCUT2D eigenvalue weighted by Gasteiger charge is 2.28. The van der Waals surface area contributed by atoms with Gasteiger partial charge in [0.25, 0.3) is 5.91 Å². The van der Waals surface area contributed by atoms with Crippen LogP contribution in [0.5, 0.6) is 11.5 Å². The van der Waals surface area contributed by atoms with Crippen LogP contribution in [-0.2, 0) is 27.3 Å². The Morgan fingerprint density at radius 3 is 2.38 bits per heavy atom. The maximum absolute atomic E-state index is 13.6. The highest BCUT2D eigenvalue weighted by molar-refractivity contribution is 5.99. The van der Waals surface area contributed by atoms with Gasteiger partial charge in [-0.2, -0.15) is 0 Å². The average Bonchev–Trinajstić information content (AvgIpc) is 3.05. The van der Waals surface area contributed by atoms with Crippen LogP contribution in [0, 0.1) is 5.92 Å². The number of hydrogen-bond acceptors (Lipinski definition) is 6. The molecule has 1 heterocycles. The minimum absolute atomic E-state index is 0.0230. The van der Waals surface area contributed by atoms with Crippen LogP contribution in [0.1, 0.15) is 48.2 Å². The Kier molecular flexibility index (Phi) is 12.0. The van der Waals surface area contributed by atoms with Gasteiger partial charge < -0.3 is 30.3 Å². The van der Waals surface area contributed by atoms with Gasteiger partial charge >= 0.3 is 0 Å². The third-order valence-corrected chi connectivity index (χ3v) is 7.75. The van der Waals surface area contributed by atoms with E-state index in [1.54, 1.807) is 31.4 Å². The molecule has 45 heavy (non-hydrogen) atoms. The number of ether oxygens (including phenoxy) is 2. The van der Waals surface area contributed by atoms with E-state index in [1.165, 1.54) is 4.90 Å². The lowest BCUT2D eigenvalue weighted by atomic mass is 10.1. The van der Waals surface area contributed by atoms with E-state index in [0.29, 0.717) is 18.7 Å². The van der Waals surface area contributed by atoms with E-state index in [0.717, 1.165) is 16.9 Å². The van der Waals surface area contributed by atoms with Gasteiger partial charge in [0, 0.05) is 19.5 Å². The quantitative estimate of drug-likeness (QED) is 0.357. The Hall–Kier alpha value is -4.86. The summed E-state index contributed by atoms with van der Waals surface area (Å²) in [4.78, 5) is 55.2. The van der Waals surface area contributed by atoms with Crippen molar-refractivity contribution in [1.82, 2.24) is 20.9 Å². The van der Waals surface area contributed by atoms with Crippen molar-refractivity contribution >= 4 is 23.6 Å². The SMILES string of the molecule is COc1ccc(CCNC(=O)[C@@H]2CCC(=O)N(Cc3ccccc3)CC(=O)N[C@H](C(C)C)COc3ccccc3C(=O)N2)cc1. The van der Waals surface area contributed by atoms with Crippen LogP contribution >= 0.6 is 0 Å². The molecule has 3 aromatic carbocycles. The number of hydrogen-bond donors (Lipinski definition) is 3. The zero-order chi connectivity index (χ0) is 32.2. The number of carbonyl (C=O) groups excluding carboxylic acids is 4. The topological polar surface area (TPSA) is 126 Å². The molecule has 2 atom stereocenters. The number of nitrogens with one attached hydrogen (secondary N) is 3. The van der Waals surface area contributed by atoms with Crippen LogP contribution < -0.4 is 25.4 Å². The van der Waals surface area contributed by atoms with Crippen LogP contribution in [0.3, 0.4) is 0 Å². The van der Waals surface area contributed by atoms with Gasteiger partial charge in [0.2, 0.25) is 17.7 Å². The summed E-state index contributed by atoms with van der Waals surface area (Å²) in [6, 6.07) is 22.4. The molecule has 0 bridgehead atoms. The van der Waals surface area contributed by atoms with Gasteiger partial charge in [-0.05, 0) is 54.2 Å². The normalized spacial score (nSPS) is 18.0. The lowest BCUT2D eigenvalue weighted by molar-refractivity contribution is -0.137. The van der Waals surface area contributed by atoms with Crippen LogP contribution in [0.2, 0.25) is 0 Å². The van der Waals surface area contributed by atoms with Gasteiger partial charge in [-0.15, -0.1) is 0 Å². The first-order chi connectivity index (χ1) is 21.7. The maximum Gasteiger partial charge on any atom is 0.255 e. The predicted molar refractivity (Wildman–Crippen MR) is 171 cm³/mol. The molecule has 1 aliphatic rings. The molecule has 0 saturated heterocycles. The molecule has 3 aromatic rings. The zero-order valence-corrected chi connectivity index (χ0v) is 26.1. The summed E-state index contributed by atoms with van der Waals surface area (Å²) in [5.41, 5.74) is 2.14. The summed E-state index contributed by atoms with van der Waals surface area (Å²) >= 11 is 0. The summed E-state index contributed by atoms with van der Waals surface area (Å²) in [5.74, 6) is -0.402. The number of methoxy groups -OCH3 is 1. The Morgan fingerprint density at radius 1 is 0.956 bits per heavy atom. The molecular weight excluding hydrogens is 572 g/mol. The fourth-order valence-electron chi connectivity index (χ4n) is 5.00. The molecule has 1 aliphatic heterocycles. The van der Waals surface area contributed by atoms with Crippen LogP contribution in [0.25, 0.3) is 0 Å². The largest absolute Gasteiger partial charge is 0.497 e. The summed E-state index contributed by atoms with van der Waals surface area (Å²) in [7, 11) is 1.60. The van der Waals surface area contributed by atoms with E-state index in [1.807, 2.05) is 68.4 Å². The van der Waals surface area contributed by atoms with Crippen molar-refractivity contribution in [3.63, 3.8) is 0 Å². The van der Waals surface area contributed by atoms with Crippen molar-refractivity contribution in [3.8, 4) is 11.5 Å². The number of nitrogens with zero attached hydrogens (tertiary/aromatic N) is 1. The van der Waals surface area contributed by atoms with E-state index in [9.17, 15) is 19.2 Å². The molecular formula is C35H42N4O6. The van der Waals surface area contributed by atoms with Crippen molar-refractivity contribution in [2.75, 3.05) is 26.8 Å². The first-order valence-electron chi connectivity index (χ1n) is 15.3. The first kappa shape index (κ1) is 33.0. The number of amides is 4. The van der Waals surface area contributed by atoms with Crippen LogP contribution in [0.15, 0.2) is 78.9 Å². The summed E-state index contributed by atoms with van der Waals surface area (Å²) in [6.45, 7) is 4.46. The van der Waals surface area contributed by atoms with Gasteiger partial charge in [-0.1, -0.05) is 68.4 Å². The third kappa shape index (κ3) is 9.82. The van der Waals surface area contributed by atoms with Gasteiger partial charge in [-0.25, -0.2) is 0 Å². The van der Waals surface area contributed by atoms with E-state index in [4.69, 9.17) is 9.47 Å². The fraction of sp³-hybridized carbons (Fsp3) is 0.371. The van der Waals surface area contributed by atoms with Crippen molar-refractivity contribution in [3.05, 3.63) is 95.6 Å². The molecule has 0 fully saturated rings.